The van der Waals surface area contributed by atoms with Gasteiger partial charge in [-0.1, -0.05) is 13.8 Å². The molecule has 3 saturated carbocycles. The summed E-state index contributed by atoms with van der Waals surface area (Å²) in [5.74, 6) is 1.02. The van der Waals surface area contributed by atoms with Crippen LogP contribution in [0.1, 0.15) is 39.5 Å². The quantitative estimate of drug-likeness (QED) is 0.585. The molecule has 0 aromatic carbocycles. The monoisotopic (exact) mass is 300 g/mol. The summed E-state index contributed by atoms with van der Waals surface area (Å²) in [6.45, 7) is 4.41. The van der Waals surface area contributed by atoms with E-state index in [1.807, 2.05) is 0 Å². The van der Waals surface area contributed by atoms with Gasteiger partial charge in [-0.05, 0) is 31.6 Å². The lowest BCUT2D eigenvalue weighted by Crippen LogP contribution is -2.24. The lowest BCUT2D eigenvalue weighted by molar-refractivity contribution is 0.200. The van der Waals surface area contributed by atoms with Crippen molar-refractivity contribution in [3.8, 4) is 0 Å². The Morgan fingerprint density at radius 2 is 1.56 bits per heavy atom. The largest absolute Gasteiger partial charge is 0.127 e. The van der Waals surface area contributed by atoms with E-state index >= 15 is 0 Å². The molecule has 0 aromatic heterocycles. The molecular formula is C12H16Cl4. The predicted molar refractivity (Wildman–Crippen MR) is 70.5 cm³/mol. The zero-order valence-electron chi connectivity index (χ0n) is 9.49. The molecule has 0 bridgehead atoms. The fourth-order valence-corrected chi connectivity index (χ4v) is 5.61. The summed E-state index contributed by atoms with van der Waals surface area (Å²) in [5, 5.41) is 0. The van der Waals surface area contributed by atoms with Crippen molar-refractivity contribution >= 4 is 46.4 Å². The van der Waals surface area contributed by atoms with Gasteiger partial charge in [0.1, 0.15) is 8.67 Å². The van der Waals surface area contributed by atoms with Crippen LogP contribution in [0, 0.1) is 22.7 Å². The Bertz CT molecular complexity index is 351. The molecule has 0 unspecified atom stereocenters. The maximum Gasteiger partial charge on any atom is 0.127 e. The highest BCUT2D eigenvalue weighted by atomic mass is 35.5. The first-order chi connectivity index (χ1) is 7.15. The SMILES string of the molecule is C[C@]1([C@@H]2CC[C@]3(C)[C@H](C2)C3(Cl)Cl)CC1(Cl)Cl. The number of fused-ring (bicyclic) bond motifs is 1. The molecule has 4 heteroatoms. The van der Waals surface area contributed by atoms with Gasteiger partial charge in [0.2, 0.25) is 0 Å². The summed E-state index contributed by atoms with van der Waals surface area (Å²) in [5.41, 5.74) is 0.225. The predicted octanol–water partition coefficient (Wildman–Crippen LogP) is 5.18. The second-order valence-electron chi connectivity index (χ2n) is 6.36. The van der Waals surface area contributed by atoms with E-state index in [1.165, 1.54) is 0 Å². The van der Waals surface area contributed by atoms with Gasteiger partial charge in [0, 0.05) is 16.7 Å². The standard InChI is InChI=1S/C12H16Cl4/c1-9-4-3-7(5-8(9)12(9,15)16)10(2)6-11(10,13)14/h7-8H,3-6H2,1-2H3/t7-,8+,9-,10-/m1/s1. The lowest BCUT2D eigenvalue weighted by Gasteiger charge is -2.30. The van der Waals surface area contributed by atoms with Gasteiger partial charge in [0.15, 0.2) is 0 Å². The zero-order valence-corrected chi connectivity index (χ0v) is 12.5. The summed E-state index contributed by atoms with van der Waals surface area (Å²) in [7, 11) is 0. The van der Waals surface area contributed by atoms with Gasteiger partial charge in [-0.25, -0.2) is 0 Å². The number of hydrogen-bond acceptors (Lipinski definition) is 0. The first-order valence-corrected chi connectivity index (χ1v) is 7.42. The van der Waals surface area contributed by atoms with E-state index in [1.54, 1.807) is 0 Å². The molecule has 3 aliphatic rings. The Morgan fingerprint density at radius 1 is 1.00 bits per heavy atom. The first-order valence-electron chi connectivity index (χ1n) is 5.91. The highest BCUT2D eigenvalue weighted by molar-refractivity contribution is 6.52. The van der Waals surface area contributed by atoms with E-state index in [2.05, 4.69) is 13.8 Å². The van der Waals surface area contributed by atoms with Crippen LogP contribution < -0.4 is 0 Å². The van der Waals surface area contributed by atoms with Crippen LogP contribution in [-0.4, -0.2) is 8.67 Å². The van der Waals surface area contributed by atoms with Crippen molar-refractivity contribution in [3.05, 3.63) is 0 Å². The van der Waals surface area contributed by atoms with E-state index in [9.17, 15) is 0 Å². The van der Waals surface area contributed by atoms with Crippen molar-refractivity contribution in [2.45, 2.75) is 48.2 Å². The summed E-state index contributed by atoms with van der Waals surface area (Å²) in [4.78, 5) is 0. The van der Waals surface area contributed by atoms with Crippen LogP contribution >= 0.6 is 46.4 Å². The molecule has 3 rings (SSSR count). The number of hydrogen-bond donors (Lipinski definition) is 0. The van der Waals surface area contributed by atoms with Crippen molar-refractivity contribution in [2.24, 2.45) is 22.7 Å². The van der Waals surface area contributed by atoms with E-state index in [-0.39, 0.29) is 10.8 Å². The van der Waals surface area contributed by atoms with E-state index in [0.29, 0.717) is 11.8 Å². The molecule has 0 nitrogen and oxygen atoms in total. The summed E-state index contributed by atoms with van der Waals surface area (Å²) >= 11 is 25.2. The topological polar surface area (TPSA) is 0 Å². The molecule has 92 valence electrons. The van der Waals surface area contributed by atoms with Gasteiger partial charge in [-0.15, -0.1) is 46.4 Å². The molecule has 0 heterocycles. The van der Waals surface area contributed by atoms with Crippen LogP contribution in [0.4, 0.5) is 0 Å². The van der Waals surface area contributed by atoms with Crippen molar-refractivity contribution in [2.75, 3.05) is 0 Å². The third kappa shape index (κ3) is 1.26. The first kappa shape index (κ1) is 12.2. The molecule has 0 spiro atoms. The Labute approximate surface area is 117 Å². The molecule has 4 atom stereocenters. The minimum absolute atomic E-state index is 0.0872. The molecule has 0 saturated heterocycles. The Morgan fingerprint density at radius 3 is 2.00 bits per heavy atom. The summed E-state index contributed by atoms with van der Waals surface area (Å²) in [6.07, 6.45) is 4.26. The van der Waals surface area contributed by atoms with E-state index in [0.717, 1.165) is 25.7 Å². The Balaban J connectivity index is 1.76. The molecular weight excluding hydrogens is 286 g/mol. The maximum atomic E-state index is 6.36. The normalized spacial score (nSPS) is 56.6. The second-order valence-corrected chi connectivity index (χ2v) is 9.23. The zero-order chi connectivity index (χ0) is 12.0. The highest BCUT2D eigenvalue weighted by Gasteiger charge is 2.77. The minimum atomic E-state index is -0.512. The van der Waals surface area contributed by atoms with Crippen LogP contribution in [0.5, 0.6) is 0 Å². The maximum absolute atomic E-state index is 6.36. The minimum Gasteiger partial charge on any atom is -0.101 e. The number of alkyl halides is 4. The molecule has 3 aliphatic carbocycles. The Kier molecular flexibility index (Phi) is 2.29. The molecule has 0 N–H and O–H groups in total. The smallest absolute Gasteiger partial charge is 0.101 e. The van der Waals surface area contributed by atoms with E-state index in [4.69, 9.17) is 46.4 Å². The van der Waals surface area contributed by atoms with Gasteiger partial charge >= 0.3 is 0 Å². The fraction of sp³-hybridized carbons (Fsp3) is 1.00. The van der Waals surface area contributed by atoms with Gasteiger partial charge in [-0.3, -0.25) is 0 Å². The van der Waals surface area contributed by atoms with Gasteiger partial charge in [0.05, 0.1) is 0 Å². The highest BCUT2D eigenvalue weighted by Crippen LogP contribution is 2.79. The average Bonchev–Trinajstić information content (AvgIpc) is 2.83. The third-order valence-corrected chi connectivity index (χ3v) is 8.14. The van der Waals surface area contributed by atoms with Crippen LogP contribution in [0.3, 0.4) is 0 Å². The van der Waals surface area contributed by atoms with Crippen molar-refractivity contribution < 1.29 is 0 Å². The molecule has 0 amide bonds. The number of halogens is 4. The third-order valence-electron chi connectivity index (χ3n) is 5.62. The van der Waals surface area contributed by atoms with Crippen molar-refractivity contribution in [3.63, 3.8) is 0 Å². The summed E-state index contributed by atoms with van der Waals surface area (Å²) in [6, 6.07) is 0. The van der Waals surface area contributed by atoms with Gasteiger partial charge < -0.3 is 0 Å². The van der Waals surface area contributed by atoms with Crippen LogP contribution in [0.2, 0.25) is 0 Å². The Hall–Kier alpha value is 1.16. The molecule has 0 aliphatic heterocycles. The number of rotatable bonds is 1. The van der Waals surface area contributed by atoms with Crippen LogP contribution in [-0.2, 0) is 0 Å². The van der Waals surface area contributed by atoms with Crippen molar-refractivity contribution in [1.29, 1.82) is 0 Å². The van der Waals surface area contributed by atoms with E-state index < -0.39 is 8.67 Å². The molecule has 16 heavy (non-hydrogen) atoms. The van der Waals surface area contributed by atoms with Crippen LogP contribution in [0.25, 0.3) is 0 Å². The lowest BCUT2D eigenvalue weighted by atomic mass is 9.75. The van der Waals surface area contributed by atoms with Crippen LogP contribution in [0.15, 0.2) is 0 Å². The van der Waals surface area contributed by atoms with Crippen molar-refractivity contribution in [1.82, 2.24) is 0 Å². The molecule has 0 aromatic rings. The fourth-order valence-electron chi connectivity index (χ4n) is 3.74. The molecule has 0 radical (unpaired) electrons. The second kappa shape index (κ2) is 3.00. The summed E-state index contributed by atoms with van der Waals surface area (Å²) < 4.78 is -1.02. The average molecular weight is 302 g/mol. The molecule has 3 fully saturated rings. The van der Waals surface area contributed by atoms with Gasteiger partial charge in [0.25, 0.3) is 0 Å². The van der Waals surface area contributed by atoms with Gasteiger partial charge in [-0.2, -0.15) is 0 Å².